The predicted molar refractivity (Wildman–Crippen MR) is 109 cm³/mol. The van der Waals surface area contributed by atoms with Crippen molar-refractivity contribution in [1.82, 2.24) is 9.55 Å². The van der Waals surface area contributed by atoms with Gasteiger partial charge in [-0.05, 0) is 55.0 Å². The van der Waals surface area contributed by atoms with Crippen LogP contribution >= 0.6 is 0 Å². The fourth-order valence-electron chi connectivity index (χ4n) is 2.56. The average Bonchev–Trinajstić information content (AvgIpc) is 3.13. The van der Waals surface area contributed by atoms with E-state index in [-0.39, 0.29) is 5.91 Å². The summed E-state index contributed by atoms with van der Waals surface area (Å²) in [5, 5.41) is 2.88. The Morgan fingerprint density at radius 3 is 2.36 bits per heavy atom. The van der Waals surface area contributed by atoms with Crippen molar-refractivity contribution in [2.24, 2.45) is 7.05 Å². The second-order valence-corrected chi connectivity index (χ2v) is 6.45. The van der Waals surface area contributed by atoms with E-state index in [4.69, 9.17) is 9.47 Å². The molecule has 1 amide bonds. The third-order valence-corrected chi connectivity index (χ3v) is 4.28. The molecular formula is C22H25N3O3. The van der Waals surface area contributed by atoms with E-state index in [0.29, 0.717) is 24.5 Å². The molecule has 1 aromatic heterocycles. The molecule has 1 N–H and O–H groups in total. The highest BCUT2D eigenvalue weighted by Crippen LogP contribution is 2.18. The number of nitrogens with one attached hydrogen (secondary N) is 1. The number of carbonyl (C=O) groups excluding carboxylic acids is 1. The Morgan fingerprint density at radius 2 is 1.71 bits per heavy atom. The Balaban J connectivity index is 1.51. The van der Waals surface area contributed by atoms with E-state index in [9.17, 15) is 4.79 Å². The summed E-state index contributed by atoms with van der Waals surface area (Å²) in [6, 6.07) is 14.4. The van der Waals surface area contributed by atoms with Crippen molar-refractivity contribution in [3.63, 3.8) is 0 Å². The molecular weight excluding hydrogens is 354 g/mol. The lowest BCUT2D eigenvalue weighted by Crippen LogP contribution is -2.11. The van der Waals surface area contributed by atoms with Crippen LogP contribution in [-0.2, 0) is 13.7 Å². The first-order valence-corrected chi connectivity index (χ1v) is 9.39. The maximum atomic E-state index is 12.4. The standard InChI is InChI=1S/C22H25N3O3/c1-3-4-15-27-19-9-5-17(6-10-19)22(26)24-18-7-11-20(12-8-18)28-16-21-23-13-14-25(21)2/h5-14H,3-4,15-16H2,1-2H3,(H,24,26). The second-order valence-electron chi connectivity index (χ2n) is 6.45. The first-order valence-electron chi connectivity index (χ1n) is 9.39. The zero-order valence-corrected chi connectivity index (χ0v) is 16.2. The summed E-state index contributed by atoms with van der Waals surface area (Å²) in [5.41, 5.74) is 1.29. The van der Waals surface area contributed by atoms with Crippen LogP contribution in [0.5, 0.6) is 11.5 Å². The number of rotatable bonds is 9. The van der Waals surface area contributed by atoms with Crippen molar-refractivity contribution < 1.29 is 14.3 Å². The zero-order valence-electron chi connectivity index (χ0n) is 16.2. The number of hydrogen-bond acceptors (Lipinski definition) is 4. The molecule has 0 aliphatic heterocycles. The number of unbranched alkanes of at least 4 members (excludes halogenated alkanes) is 1. The molecule has 0 aliphatic carbocycles. The van der Waals surface area contributed by atoms with Gasteiger partial charge in [-0.2, -0.15) is 0 Å². The van der Waals surface area contributed by atoms with Crippen molar-refractivity contribution in [2.45, 2.75) is 26.4 Å². The Labute approximate surface area is 165 Å². The van der Waals surface area contributed by atoms with E-state index < -0.39 is 0 Å². The van der Waals surface area contributed by atoms with Crippen LogP contribution in [0.1, 0.15) is 35.9 Å². The molecule has 0 aliphatic rings. The van der Waals surface area contributed by atoms with Crippen LogP contribution in [-0.4, -0.2) is 22.1 Å². The minimum absolute atomic E-state index is 0.165. The monoisotopic (exact) mass is 379 g/mol. The minimum atomic E-state index is -0.165. The fraction of sp³-hybridized carbons (Fsp3) is 0.273. The number of aromatic nitrogens is 2. The van der Waals surface area contributed by atoms with Crippen LogP contribution in [0.2, 0.25) is 0 Å². The van der Waals surface area contributed by atoms with Gasteiger partial charge in [0.25, 0.3) is 5.91 Å². The number of carbonyl (C=O) groups is 1. The smallest absolute Gasteiger partial charge is 0.255 e. The number of imidazole rings is 1. The normalized spacial score (nSPS) is 10.5. The Hall–Kier alpha value is -3.28. The summed E-state index contributed by atoms with van der Waals surface area (Å²) in [5.74, 6) is 2.18. The fourth-order valence-corrected chi connectivity index (χ4v) is 2.56. The molecule has 2 aromatic carbocycles. The van der Waals surface area contributed by atoms with Gasteiger partial charge in [-0.15, -0.1) is 0 Å². The first kappa shape index (κ1) is 19.5. The molecule has 3 aromatic rings. The number of anilines is 1. The molecule has 3 rings (SSSR count). The van der Waals surface area contributed by atoms with E-state index >= 15 is 0 Å². The molecule has 1 heterocycles. The zero-order chi connectivity index (χ0) is 19.8. The van der Waals surface area contributed by atoms with Gasteiger partial charge in [-0.25, -0.2) is 4.98 Å². The van der Waals surface area contributed by atoms with Crippen LogP contribution in [0, 0.1) is 0 Å². The van der Waals surface area contributed by atoms with Gasteiger partial charge in [0.1, 0.15) is 23.9 Å². The summed E-state index contributed by atoms with van der Waals surface area (Å²) in [6.45, 7) is 3.20. The van der Waals surface area contributed by atoms with Crippen LogP contribution in [0.25, 0.3) is 0 Å². The van der Waals surface area contributed by atoms with Crippen LogP contribution < -0.4 is 14.8 Å². The lowest BCUT2D eigenvalue weighted by atomic mass is 10.2. The Kier molecular flexibility index (Phi) is 6.68. The number of nitrogens with zero attached hydrogens (tertiary/aromatic N) is 2. The Morgan fingerprint density at radius 1 is 1.04 bits per heavy atom. The number of amides is 1. The third kappa shape index (κ3) is 5.36. The molecule has 0 atom stereocenters. The van der Waals surface area contributed by atoms with E-state index in [1.165, 1.54) is 0 Å². The predicted octanol–water partition coefficient (Wildman–Crippen LogP) is 4.43. The van der Waals surface area contributed by atoms with E-state index in [1.54, 1.807) is 18.3 Å². The van der Waals surface area contributed by atoms with Gasteiger partial charge in [0, 0.05) is 30.7 Å². The molecule has 146 valence electrons. The van der Waals surface area contributed by atoms with Gasteiger partial charge >= 0.3 is 0 Å². The van der Waals surface area contributed by atoms with Crippen molar-refractivity contribution >= 4 is 11.6 Å². The summed E-state index contributed by atoms with van der Waals surface area (Å²) < 4.78 is 13.2. The van der Waals surface area contributed by atoms with Crippen LogP contribution in [0.3, 0.4) is 0 Å². The molecule has 0 radical (unpaired) electrons. The lowest BCUT2D eigenvalue weighted by molar-refractivity contribution is 0.102. The largest absolute Gasteiger partial charge is 0.494 e. The van der Waals surface area contributed by atoms with Crippen molar-refractivity contribution in [2.75, 3.05) is 11.9 Å². The van der Waals surface area contributed by atoms with Gasteiger partial charge < -0.3 is 19.4 Å². The highest BCUT2D eigenvalue weighted by molar-refractivity contribution is 6.04. The maximum Gasteiger partial charge on any atom is 0.255 e. The van der Waals surface area contributed by atoms with E-state index in [2.05, 4.69) is 17.2 Å². The topological polar surface area (TPSA) is 65.4 Å². The second kappa shape index (κ2) is 9.60. The molecule has 0 bridgehead atoms. The molecule has 0 fully saturated rings. The summed E-state index contributed by atoms with van der Waals surface area (Å²) >= 11 is 0. The van der Waals surface area contributed by atoms with Gasteiger partial charge in [-0.1, -0.05) is 13.3 Å². The van der Waals surface area contributed by atoms with Gasteiger partial charge in [-0.3, -0.25) is 4.79 Å². The number of ether oxygens (including phenoxy) is 2. The highest BCUT2D eigenvalue weighted by Gasteiger charge is 2.07. The SMILES string of the molecule is CCCCOc1ccc(C(=O)Nc2ccc(OCc3nccn3C)cc2)cc1. The first-order chi connectivity index (χ1) is 13.7. The quantitative estimate of drug-likeness (QED) is 0.559. The average molecular weight is 379 g/mol. The highest BCUT2D eigenvalue weighted by atomic mass is 16.5. The molecule has 0 spiro atoms. The van der Waals surface area contributed by atoms with Gasteiger partial charge in [0.15, 0.2) is 0 Å². The number of aryl methyl sites for hydroxylation is 1. The summed E-state index contributed by atoms with van der Waals surface area (Å²) in [4.78, 5) is 16.6. The third-order valence-electron chi connectivity index (χ3n) is 4.28. The van der Waals surface area contributed by atoms with Gasteiger partial charge in [0.2, 0.25) is 0 Å². The number of hydrogen-bond donors (Lipinski definition) is 1. The lowest BCUT2D eigenvalue weighted by Gasteiger charge is -2.09. The molecule has 0 saturated carbocycles. The van der Waals surface area contributed by atoms with E-state index in [1.807, 2.05) is 54.2 Å². The van der Waals surface area contributed by atoms with Gasteiger partial charge in [0.05, 0.1) is 6.61 Å². The molecule has 0 unspecified atom stereocenters. The Bertz CT molecular complexity index is 886. The van der Waals surface area contributed by atoms with Crippen molar-refractivity contribution in [3.8, 4) is 11.5 Å². The molecule has 6 nitrogen and oxygen atoms in total. The molecule has 0 saturated heterocycles. The minimum Gasteiger partial charge on any atom is -0.494 e. The van der Waals surface area contributed by atoms with Crippen LogP contribution in [0.15, 0.2) is 60.9 Å². The van der Waals surface area contributed by atoms with E-state index in [0.717, 1.165) is 30.2 Å². The number of benzene rings is 2. The molecule has 6 heteroatoms. The van der Waals surface area contributed by atoms with Crippen molar-refractivity contribution in [3.05, 3.63) is 72.3 Å². The maximum absolute atomic E-state index is 12.4. The summed E-state index contributed by atoms with van der Waals surface area (Å²) in [6.07, 6.45) is 5.72. The van der Waals surface area contributed by atoms with Crippen molar-refractivity contribution in [1.29, 1.82) is 0 Å². The summed E-state index contributed by atoms with van der Waals surface area (Å²) in [7, 11) is 1.92. The molecule has 28 heavy (non-hydrogen) atoms. The van der Waals surface area contributed by atoms with Crippen LogP contribution in [0.4, 0.5) is 5.69 Å².